The number of aryl methyl sites for hydroxylation is 1. The number of benzene rings is 1. The molecule has 1 aromatic heterocycles. The third-order valence-corrected chi connectivity index (χ3v) is 3.77. The Balaban J connectivity index is 1.93. The summed E-state index contributed by atoms with van der Waals surface area (Å²) in [5, 5.41) is 7.94. The SMILES string of the molecule is Cc1cc(N2CC(CN=[N+]=[N-])CC2=O)n(-c2ccc(F)cc2)n1. The minimum Gasteiger partial charge on any atom is -0.296 e. The van der Waals surface area contributed by atoms with E-state index in [0.717, 1.165) is 5.69 Å². The average Bonchev–Trinajstić information content (AvgIpc) is 3.08. The number of amides is 1. The normalized spacial score (nSPS) is 17.4. The molecular formula is C15H15FN6O. The summed E-state index contributed by atoms with van der Waals surface area (Å²) in [4.78, 5) is 16.7. The molecule has 1 unspecified atom stereocenters. The van der Waals surface area contributed by atoms with Gasteiger partial charge in [-0.1, -0.05) is 5.11 Å². The lowest BCUT2D eigenvalue weighted by Crippen LogP contribution is -2.27. The number of halogens is 1. The van der Waals surface area contributed by atoms with E-state index in [1.54, 1.807) is 21.7 Å². The van der Waals surface area contributed by atoms with Crippen LogP contribution in [0.5, 0.6) is 0 Å². The third kappa shape index (κ3) is 3.02. The van der Waals surface area contributed by atoms with Crippen molar-refractivity contribution in [3.63, 3.8) is 0 Å². The molecule has 1 aromatic carbocycles. The molecule has 1 fully saturated rings. The average molecular weight is 314 g/mol. The summed E-state index contributed by atoms with van der Waals surface area (Å²) >= 11 is 0. The molecule has 1 aliphatic heterocycles. The topological polar surface area (TPSA) is 86.9 Å². The van der Waals surface area contributed by atoms with E-state index in [2.05, 4.69) is 15.1 Å². The maximum atomic E-state index is 13.1. The van der Waals surface area contributed by atoms with Crippen molar-refractivity contribution in [2.75, 3.05) is 18.0 Å². The molecule has 3 rings (SSSR count). The number of nitrogens with zero attached hydrogens (tertiary/aromatic N) is 6. The zero-order valence-corrected chi connectivity index (χ0v) is 12.6. The van der Waals surface area contributed by atoms with Gasteiger partial charge in [0.05, 0.1) is 11.4 Å². The first-order valence-corrected chi connectivity index (χ1v) is 7.22. The molecule has 0 bridgehead atoms. The molecule has 0 saturated carbocycles. The Kier molecular flexibility index (Phi) is 3.99. The molecule has 1 saturated heterocycles. The zero-order valence-electron chi connectivity index (χ0n) is 12.6. The molecule has 8 heteroatoms. The highest BCUT2D eigenvalue weighted by atomic mass is 19.1. The van der Waals surface area contributed by atoms with Gasteiger partial charge in [-0.25, -0.2) is 9.07 Å². The van der Waals surface area contributed by atoms with Crippen LogP contribution in [0.1, 0.15) is 12.1 Å². The molecule has 0 spiro atoms. The van der Waals surface area contributed by atoms with Gasteiger partial charge in [0, 0.05) is 30.5 Å². The van der Waals surface area contributed by atoms with Crippen LogP contribution in [0.15, 0.2) is 35.4 Å². The fourth-order valence-electron chi connectivity index (χ4n) is 2.73. The molecule has 7 nitrogen and oxygen atoms in total. The molecule has 1 aliphatic rings. The molecule has 1 atom stereocenters. The van der Waals surface area contributed by atoms with Gasteiger partial charge in [-0.2, -0.15) is 5.10 Å². The summed E-state index contributed by atoms with van der Waals surface area (Å²) in [6.07, 6.45) is 0.340. The maximum absolute atomic E-state index is 13.1. The lowest BCUT2D eigenvalue weighted by Gasteiger charge is -2.18. The van der Waals surface area contributed by atoms with Gasteiger partial charge in [-0.15, -0.1) is 0 Å². The van der Waals surface area contributed by atoms with Crippen LogP contribution in [0.3, 0.4) is 0 Å². The minimum absolute atomic E-state index is 0.00438. The van der Waals surface area contributed by atoms with Crippen molar-refractivity contribution >= 4 is 11.7 Å². The summed E-state index contributed by atoms with van der Waals surface area (Å²) in [6, 6.07) is 7.75. The van der Waals surface area contributed by atoms with Crippen molar-refractivity contribution in [2.24, 2.45) is 11.0 Å². The number of carbonyl (C=O) groups excluding carboxylic acids is 1. The summed E-state index contributed by atoms with van der Waals surface area (Å²) < 4.78 is 14.7. The molecule has 23 heavy (non-hydrogen) atoms. The second kappa shape index (κ2) is 6.10. The van der Waals surface area contributed by atoms with Crippen LogP contribution in [-0.2, 0) is 4.79 Å². The summed E-state index contributed by atoms with van der Waals surface area (Å²) in [6.45, 7) is 2.61. The molecule has 1 amide bonds. The predicted octanol–water partition coefficient (Wildman–Crippen LogP) is 2.98. The number of aromatic nitrogens is 2. The molecule has 2 heterocycles. The van der Waals surface area contributed by atoms with Crippen LogP contribution in [0, 0.1) is 18.7 Å². The second-order valence-corrected chi connectivity index (χ2v) is 5.52. The standard InChI is InChI=1S/C15H15FN6O/c1-10-6-14(21-9-11(7-15(21)23)8-18-20-17)22(19-10)13-4-2-12(16)3-5-13/h2-6,11H,7-9H2,1H3. The highest BCUT2D eigenvalue weighted by molar-refractivity contribution is 5.95. The van der Waals surface area contributed by atoms with E-state index in [1.165, 1.54) is 12.1 Å². The summed E-state index contributed by atoms with van der Waals surface area (Å²) in [5.41, 5.74) is 9.85. The van der Waals surface area contributed by atoms with E-state index in [9.17, 15) is 9.18 Å². The first-order valence-electron chi connectivity index (χ1n) is 7.22. The largest absolute Gasteiger partial charge is 0.296 e. The number of carbonyl (C=O) groups is 1. The molecule has 0 N–H and O–H groups in total. The minimum atomic E-state index is -0.328. The van der Waals surface area contributed by atoms with Gasteiger partial charge in [0.15, 0.2) is 0 Å². The van der Waals surface area contributed by atoms with E-state index in [-0.39, 0.29) is 17.6 Å². The predicted molar refractivity (Wildman–Crippen MR) is 82.7 cm³/mol. The van der Waals surface area contributed by atoms with Gasteiger partial charge < -0.3 is 0 Å². The number of anilines is 1. The maximum Gasteiger partial charge on any atom is 0.228 e. The highest BCUT2D eigenvalue weighted by Gasteiger charge is 2.32. The Morgan fingerprint density at radius 2 is 2.17 bits per heavy atom. The van der Waals surface area contributed by atoms with Crippen LogP contribution < -0.4 is 4.90 Å². The molecule has 0 radical (unpaired) electrons. The summed E-state index contributed by atoms with van der Waals surface area (Å²) in [7, 11) is 0. The van der Waals surface area contributed by atoms with E-state index in [0.29, 0.717) is 31.0 Å². The van der Waals surface area contributed by atoms with E-state index < -0.39 is 0 Å². The number of azide groups is 1. The van der Waals surface area contributed by atoms with Gasteiger partial charge >= 0.3 is 0 Å². The van der Waals surface area contributed by atoms with E-state index >= 15 is 0 Å². The van der Waals surface area contributed by atoms with Crippen molar-refractivity contribution in [3.8, 4) is 5.69 Å². The molecule has 0 aliphatic carbocycles. The first-order chi connectivity index (χ1) is 11.1. The quantitative estimate of drug-likeness (QED) is 0.493. The van der Waals surface area contributed by atoms with Crippen molar-refractivity contribution < 1.29 is 9.18 Å². The Hall–Kier alpha value is -2.86. The van der Waals surface area contributed by atoms with E-state index in [1.807, 2.05) is 13.0 Å². The Bertz CT molecular complexity index is 778. The van der Waals surface area contributed by atoms with Crippen molar-refractivity contribution in [1.82, 2.24) is 9.78 Å². The Morgan fingerprint density at radius 1 is 1.43 bits per heavy atom. The summed E-state index contributed by atoms with van der Waals surface area (Å²) in [5.74, 6) is 0.273. The monoisotopic (exact) mass is 314 g/mol. The highest BCUT2D eigenvalue weighted by Crippen LogP contribution is 2.28. The Labute approximate surface area is 132 Å². The van der Waals surface area contributed by atoms with Crippen molar-refractivity contribution in [2.45, 2.75) is 13.3 Å². The van der Waals surface area contributed by atoms with Crippen LogP contribution in [0.4, 0.5) is 10.2 Å². The van der Waals surface area contributed by atoms with Crippen molar-refractivity contribution in [1.29, 1.82) is 0 Å². The van der Waals surface area contributed by atoms with Gasteiger partial charge in [0.25, 0.3) is 0 Å². The fourth-order valence-corrected chi connectivity index (χ4v) is 2.73. The third-order valence-electron chi connectivity index (χ3n) is 3.77. The van der Waals surface area contributed by atoms with Gasteiger partial charge in [-0.3, -0.25) is 9.69 Å². The van der Waals surface area contributed by atoms with Crippen LogP contribution in [0.2, 0.25) is 0 Å². The Morgan fingerprint density at radius 3 is 2.87 bits per heavy atom. The smallest absolute Gasteiger partial charge is 0.228 e. The van der Waals surface area contributed by atoms with Crippen LogP contribution >= 0.6 is 0 Å². The van der Waals surface area contributed by atoms with Gasteiger partial charge in [-0.05, 0) is 42.6 Å². The number of hydrogen-bond donors (Lipinski definition) is 0. The molecule has 118 valence electrons. The lowest BCUT2D eigenvalue weighted by atomic mass is 10.1. The van der Waals surface area contributed by atoms with Crippen LogP contribution in [-0.4, -0.2) is 28.8 Å². The zero-order chi connectivity index (χ0) is 16.4. The first kappa shape index (κ1) is 15.1. The van der Waals surface area contributed by atoms with Gasteiger partial charge in [0.2, 0.25) is 5.91 Å². The molecule has 2 aromatic rings. The number of hydrogen-bond acceptors (Lipinski definition) is 3. The second-order valence-electron chi connectivity index (χ2n) is 5.52. The number of rotatable bonds is 4. The molecular weight excluding hydrogens is 299 g/mol. The lowest BCUT2D eigenvalue weighted by molar-refractivity contribution is -0.117. The van der Waals surface area contributed by atoms with E-state index in [4.69, 9.17) is 5.53 Å². The van der Waals surface area contributed by atoms with Crippen LogP contribution in [0.25, 0.3) is 16.1 Å². The van der Waals surface area contributed by atoms with Crippen molar-refractivity contribution in [3.05, 3.63) is 52.3 Å². The van der Waals surface area contributed by atoms with Gasteiger partial charge in [0.1, 0.15) is 11.6 Å². The fraction of sp³-hybridized carbons (Fsp3) is 0.333.